The minimum absolute atomic E-state index is 0.312. The predicted octanol–water partition coefficient (Wildman–Crippen LogP) is 2.22. The minimum atomic E-state index is -0.951. The van der Waals surface area contributed by atoms with Crippen molar-refractivity contribution in [2.45, 2.75) is 10.1 Å². The fourth-order valence-electron chi connectivity index (χ4n) is 1.20. The zero-order valence-electron chi connectivity index (χ0n) is 10.9. The number of rotatable bonds is 10. The molecule has 0 aliphatic heterocycles. The van der Waals surface area contributed by atoms with Gasteiger partial charge in [-0.25, -0.2) is 0 Å². The van der Waals surface area contributed by atoms with Crippen LogP contribution in [-0.2, 0) is 9.68 Å². The summed E-state index contributed by atoms with van der Waals surface area (Å²) < 4.78 is 5.16. The number of ether oxygens (including phenoxy) is 1. The summed E-state index contributed by atoms with van der Waals surface area (Å²) in [4.78, 5) is 29.6. The van der Waals surface area contributed by atoms with Crippen molar-refractivity contribution in [3.05, 3.63) is 44.5 Å². The van der Waals surface area contributed by atoms with E-state index in [-0.39, 0.29) is 13.2 Å². The second kappa shape index (κ2) is 9.13. The van der Waals surface area contributed by atoms with Gasteiger partial charge >= 0.3 is 0 Å². The van der Waals surface area contributed by atoms with E-state index in [1.807, 2.05) is 6.07 Å². The lowest BCUT2D eigenvalue weighted by Gasteiger charge is -2.14. The summed E-state index contributed by atoms with van der Waals surface area (Å²) in [6, 6.07) is 7.17. The first-order valence-corrected chi connectivity index (χ1v) is 7.75. The molecule has 1 rings (SSSR count). The molecule has 0 heterocycles. The normalized spacial score (nSPS) is 10.2. The van der Waals surface area contributed by atoms with Gasteiger partial charge < -0.3 is 14.4 Å². The van der Waals surface area contributed by atoms with E-state index in [0.29, 0.717) is 5.75 Å². The molecular weight excluding hydrogens is 324 g/mol. The topological polar surface area (TPSA) is 114 Å². The van der Waals surface area contributed by atoms with Crippen molar-refractivity contribution in [1.29, 1.82) is 0 Å². The highest BCUT2D eigenvalue weighted by Crippen LogP contribution is 2.39. The largest absolute Gasteiger partial charge is 0.496 e. The maximum Gasteiger partial charge on any atom is 0.294 e. The lowest BCUT2D eigenvalue weighted by Crippen LogP contribution is -2.21. The molecule has 9 nitrogen and oxygen atoms in total. The van der Waals surface area contributed by atoms with Crippen molar-refractivity contribution >= 4 is 21.6 Å². The van der Waals surface area contributed by atoms with Gasteiger partial charge in [0.1, 0.15) is 19.0 Å². The van der Waals surface area contributed by atoms with Crippen molar-refractivity contribution in [2.75, 3.05) is 20.3 Å². The highest BCUT2D eigenvalue weighted by atomic mass is 33.1. The predicted molar refractivity (Wildman–Crippen MR) is 76.1 cm³/mol. The van der Waals surface area contributed by atoms with Crippen LogP contribution in [0.3, 0.4) is 0 Å². The number of hydrogen-bond acceptors (Lipinski definition) is 9. The molecule has 0 N–H and O–H groups in total. The van der Waals surface area contributed by atoms with Crippen LogP contribution in [-0.4, -0.2) is 35.7 Å². The van der Waals surface area contributed by atoms with Crippen LogP contribution in [0.4, 0.5) is 0 Å². The van der Waals surface area contributed by atoms with Crippen LogP contribution in [0.15, 0.2) is 29.2 Å². The summed E-state index contributed by atoms with van der Waals surface area (Å²) >= 11 is 0. The third-order valence-electron chi connectivity index (χ3n) is 2.07. The maximum atomic E-state index is 10.2. The van der Waals surface area contributed by atoms with Gasteiger partial charge in [0.2, 0.25) is 0 Å². The lowest BCUT2D eigenvalue weighted by atomic mass is 10.3. The van der Waals surface area contributed by atoms with Gasteiger partial charge in [0.05, 0.1) is 17.3 Å². The van der Waals surface area contributed by atoms with Crippen LogP contribution in [0, 0.1) is 20.2 Å². The van der Waals surface area contributed by atoms with E-state index < -0.39 is 15.4 Å². The van der Waals surface area contributed by atoms with E-state index in [0.717, 1.165) is 4.90 Å². The second-order valence-electron chi connectivity index (χ2n) is 3.49. The first-order chi connectivity index (χ1) is 10.0. The summed E-state index contributed by atoms with van der Waals surface area (Å²) in [5, 5.41) is 17.9. The zero-order chi connectivity index (χ0) is 15.7. The van der Waals surface area contributed by atoms with Crippen molar-refractivity contribution in [3.63, 3.8) is 0 Å². The van der Waals surface area contributed by atoms with E-state index in [1.54, 1.807) is 18.2 Å². The summed E-state index contributed by atoms with van der Waals surface area (Å²) in [5.41, 5.74) is 0. The smallest absolute Gasteiger partial charge is 0.294 e. The molecule has 0 aliphatic rings. The van der Waals surface area contributed by atoms with Gasteiger partial charge in [0, 0.05) is 0 Å². The lowest BCUT2D eigenvalue weighted by molar-refractivity contribution is -0.765. The molecule has 0 atom stereocenters. The maximum absolute atomic E-state index is 10.2. The molecule has 0 bridgehead atoms. The Morgan fingerprint density at radius 3 is 2.24 bits per heavy atom. The highest BCUT2D eigenvalue weighted by Gasteiger charge is 2.16. The fourth-order valence-corrected chi connectivity index (χ4v) is 3.51. The van der Waals surface area contributed by atoms with Crippen molar-refractivity contribution < 1.29 is 24.6 Å². The van der Waals surface area contributed by atoms with E-state index in [4.69, 9.17) is 4.74 Å². The van der Waals surface area contributed by atoms with Gasteiger partial charge in [-0.15, -0.1) is 20.2 Å². The second-order valence-corrected chi connectivity index (χ2v) is 6.03. The summed E-state index contributed by atoms with van der Waals surface area (Å²) in [6.45, 7) is -0.624. The molecule has 0 saturated carbocycles. The first-order valence-electron chi connectivity index (χ1n) is 5.54. The Hall–Kier alpha value is -1.88. The summed E-state index contributed by atoms with van der Waals surface area (Å²) in [7, 11) is 3.96. The molecule has 0 aromatic heterocycles. The molecule has 11 heteroatoms. The molecule has 0 spiro atoms. The van der Waals surface area contributed by atoms with Crippen LogP contribution >= 0.6 is 21.6 Å². The van der Waals surface area contributed by atoms with Gasteiger partial charge in [-0.2, -0.15) is 0 Å². The standard InChI is InChI=1S/C10H12N2O7S2/c1-17-9-4-2-3-5-10(9)21-20-8(6-18-11(13)14)7-19-12(15)16/h2-5,8H,6-7H2,1H3. The Morgan fingerprint density at radius 1 is 1.14 bits per heavy atom. The number of benzene rings is 1. The third kappa shape index (κ3) is 6.90. The van der Waals surface area contributed by atoms with Crippen molar-refractivity contribution in [1.82, 2.24) is 0 Å². The average Bonchev–Trinajstić information content (AvgIpc) is 2.46. The molecule has 21 heavy (non-hydrogen) atoms. The van der Waals surface area contributed by atoms with Crippen LogP contribution in [0.25, 0.3) is 0 Å². The van der Waals surface area contributed by atoms with Crippen LogP contribution < -0.4 is 4.74 Å². The molecule has 0 fully saturated rings. The molecule has 1 aromatic rings. The first kappa shape index (κ1) is 17.2. The Balaban J connectivity index is 2.58. The van der Waals surface area contributed by atoms with E-state index in [9.17, 15) is 20.2 Å². The van der Waals surface area contributed by atoms with Crippen molar-refractivity contribution in [3.8, 4) is 5.75 Å². The summed E-state index contributed by atoms with van der Waals surface area (Å²) in [6.07, 6.45) is 0. The molecule has 0 radical (unpaired) electrons. The van der Waals surface area contributed by atoms with Crippen LogP contribution in [0.5, 0.6) is 5.75 Å². The van der Waals surface area contributed by atoms with E-state index in [2.05, 4.69) is 9.68 Å². The van der Waals surface area contributed by atoms with Gasteiger partial charge in [-0.1, -0.05) is 33.7 Å². The Bertz CT molecular complexity index is 470. The number of para-hydroxylation sites is 1. The van der Waals surface area contributed by atoms with Crippen LogP contribution in [0.1, 0.15) is 0 Å². The Labute approximate surface area is 127 Å². The monoisotopic (exact) mass is 336 g/mol. The molecule has 0 saturated heterocycles. The molecule has 0 amide bonds. The molecular formula is C10H12N2O7S2. The number of nitrogens with zero attached hydrogens (tertiary/aromatic N) is 2. The van der Waals surface area contributed by atoms with Gasteiger partial charge in [-0.3, -0.25) is 0 Å². The molecule has 0 unspecified atom stereocenters. The van der Waals surface area contributed by atoms with Crippen molar-refractivity contribution in [2.24, 2.45) is 0 Å². The third-order valence-corrected chi connectivity index (χ3v) is 4.88. The number of hydrogen-bond donors (Lipinski definition) is 0. The average molecular weight is 336 g/mol. The van der Waals surface area contributed by atoms with E-state index in [1.165, 1.54) is 28.7 Å². The Morgan fingerprint density at radius 2 is 1.71 bits per heavy atom. The molecule has 0 aliphatic carbocycles. The zero-order valence-corrected chi connectivity index (χ0v) is 12.5. The van der Waals surface area contributed by atoms with Gasteiger partial charge in [-0.05, 0) is 12.1 Å². The highest BCUT2D eigenvalue weighted by molar-refractivity contribution is 8.77. The Kier molecular flexibility index (Phi) is 7.46. The number of methoxy groups -OCH3 is 1. The van der Waals surface area contributed by atoms with Gasteiger partial charge in [0.25, 0.3) is 10.2 Å². The molecule has 116 valence electrons. The minimum Gasteiger partial charge on any atom is -0.496 e. The quantitative estimate of drug-likeness (QED) is 0.360. The SMILES string of the molecule is COc1ccccc1SSC(CO[N+](=O)[O-])CO[N+](=O)[O-]. The van der Waals surface area contributed by atoms with Gasteiger partial charge in [0.15, 0.2) is 0 Å². The fraction of sp³-hybridized carbons (Fsp3) is 0.400. The summed E-state index contributed by atoms with van der Waals surface area (Å²) in [5.74, 6) is 0.638. The van der Waals surface area contributed by atoms with Crippen LogP contribution in [0.2, 0.25) is 0 Å². The van der Waals surface area contributed by atoms with E-state index >= 15 is 0 Å². The molecule has 1 aromatic carbocycles.